The summed E-state index contributed by atoms with van der Waals surface area (Å²) in [5.41, 5.74) is 0.942. The van der Waals surface area contributed by atoms with Gasteiger partial charge in [0.25, 0.3) is 0 Å². The van der Waals surface area contributed by atoms with Crippen molar-refractivity contribution in [3.8, 4) is 11.3 Å². The van der Waals surface area contributed by atoms with E-state index < -0.39 is 33.6 Å². The lowest BCUT2D eigenvalue weighted by molar-refractivity contribution is -0.137. The number of rotatable bonds is 7. The first-order chi connectivity index (χ1) is 16.6. The molecule has 0 bridgehead atoms. The molecule has 35 heavy (non-hydrogen) atoms. The molecule has 0 unspecified atom stereocenters. The van der Waals surface area contributed by atoms with Crippen molar-refractivity contribution in [3.63, 3.8) is 0 Å². The number of benzene rings is 2. The number of aryl methyl sites for hydroxylation is 1. The first kappa shape index (κ1) is 24.7. The molecule has 0 aliphatic carbocycles. The second kappa shape index (κ2) is 9.71. The molecule has 1 aromatic heterocycles. The Balaban J connectivity index is 1.45. The summed E-state index contributed by atoms with van der Waals surface area (Å²) in [6.07, 6.45) is 0.543. The minimum Gasteiger partial charge on any atom is -0.298 e. The van der Waals surface area contributed by atoms with Crippen molar-refractivity contribution in [2.45, 2.75) is 30.0 Å². The van der Waals surface area contributed by atoms with Crippen LogP contribution in [0.1, 0.15) is 17.5 Å². The van der Waals surface area contributed by atoms with E-state index in [1.807, 2.05) is 0 Å². The number of pyridine rings is 1. The Bertz CT molecular complexity index is 1350. The number of hydrogen-bond donors (Lipinski definition) is 0. The first-order valence-electron chi connectivity index (χ1n) is 10.6. The van der Waals surface area contributed by atoms with Gasteiger partial charge in [0.05, 0.1) is 16.2 Å². The van der Waals surface area contributed by atoms with Gasteiger partial charge in [-0.25, -0.2) is 12.8 Å². The van der Waals surface area contributed by atoms with Crippen molar-refractivity contribution in [1.29, 1.82) is 0 Å². The van der Waals surface area contributed by atoms with E-state index >= 15 is 0 Å². The normalized spacial score (nSPS) is 16.5. The Morgan fingerprint density at radius 2 is 1.71 bits per heavy atom. The fourth-order valence-corrected chi connectivity index (χ4v) is 5.31. The highest BCUT2D eigenvalue weighted by Gasteiger charge is 2.36. The van der Waals surface area contributed by atoms with Gasteiger partial charge in [-0.3, -0.25) is 9.78 Å². The van der Waals surface area contributed by atoms with E-state index in [-0.39, 0.29) is 23.6 Å². The third-order valence-electron chi connectivity index (χ3n) is 5.66. The molecule has 182 valence electrons. The van der Waals surface area contributed by atoms with Gasteiger partial charge in [-0.05, 0) is 60.5 Å². The van der Waals surface area contributed by atoms with Crippen LogP contribution in [-0.4, -0.2) is 36.1 Å². The molecule has 0 saturated carbocycles. The molecule has 1 aliphatic rings. The number of nitrogens with zero attached hydrogens (tertiary/aromatic N) is 2. The van der Waals surface area contributed by atoms with Crippen LogP contribution in [0.5, 0.6) is 0 Å². The maximum atomic E-state index is 13.2. The monoisotopic (exact) mass is 504 g/mol. The van der Waals surface area contributed by atoms with Gasteiger partial charge in [0.15, 0.2) is 5.78 Å². The SMILES string of the molecule is O=C(CCc1ccnc(-c2ccc(C(F)(F)F)cc2)c1)[C@@H]1C=CCN1S(=O)(=O)c1ccc(F)cc1. The molecular weight excluding hydrogens is 484 g/mol. The summed E-state index contributed by atoms with van der Waals surface area (Å²) in [5, 5.41) is 0. The Kier molecular flexibility index (Phi) is 6.86. The molecule has 3 aromatic rings. The Morgan fingerprint density at radius 3 is 2.37 bits per heavy atom. The highest BCUT2D eigenvalue weighted by atomic mass is 32.2. The van der Waals surface area contributed by atoms with Crippen LogP contribution in [0.3, 0.4) is 0 Å². The van der Waals surface area contributed by atoms with Crippen LogP contribution in [0, 0.1) is 5.82 Å². The van der Waals surface area contributed by atoms with E-state index in [0.29, 0.717) is 17.7 Å². The van der Waals surface area contributed by atoms with Gasteiger partial charge < -0.3 is 0 Å². The molecule has 2 heterocycles. The molecule has 0 fully saturated rings. The van der Waals surface area contributed by atoms with E-state index in [9.17, 15) is 30.8 Å². The minimum atomic E-state index is -4.43. The number of aromatic nitrogens is 1. The second-order valence-corrected chi connectivity index (χ2v) is 9.88. The van der Waals surface area contributed by atoms with Crippen LogP contribution in [0.15, 0.2) is 83.9 Å². The maximum Gasteiger partial charge on any atom is 0.416 e. The van der Waals surface area contributed by atoms with E-state index in [1.165, 1.54) is 24.4 Å². The zero-order chi connectivity index (χ0) is 25.2. The summed E-state index contributed by atoms with van der Waals surface area (Å²) >= 11 is 0. The fraction of sp³-hybridized carbons (Fsp3) is 0.200. The van der Waals surface area contributed by atoms with Gasteiger partial charge in [-0.15, -0.1) is 0 Å². The lowest BCUT2D eigenvalue weighted by Gasteiger charge is -2.23. The van der Waals surface area contributed by atoms with Crippen LogP contribution < -0.4 is 0 Å². The number of carbonyl (C=O) groups excluding carboxylic acids is 1. The maximum absolute atomic E-state index is 13.2. The molecular formula is C25H20F4N2O3S. The lowest BCUT2D eigenvalue weighted by Crippen LogP contribution is -2.41. The molecule has 0 amide bonds. The van der Waals surface area contributed by atoms with Crippen LogP contribution in [0.4, 0.5) is 17.6 Å². The molecule has 1 aliphatic heterocycles. The van der Waals surface area contributed by atoms with Gasteiger partial charge in [-0.2, -0.15) is 17.5 Å². The lowest BCUT2D eigenvalue weighted by atomic mass is 10.0. The Morgan fingerprint density at radius 1 is 1.03 bits per heavy atom. The molecule has 0 N–H and O–H groups in total. The Hall–Kier alpha value is -3.37. The van der Waals surface area contributed by atoms with Gasteiger partial charge in [0.2, 0.25) is 10.0 Å². The molecule has 1 atom stereocenters. The number of halogens is 4. The van der Waals surface area contributed by atoms with Gasteiger partial charge in [0.1, 0.15) is 11.9 Å². The average Bonchev–Trinajstić information content (AvgIpc) is 3.34. The van der Waals surface area contributed by atoms with E-state index in [0.717, 1.165) is 46.3 Å². The van der Waals surface area contributed by atoms with E-state index in [1.54, 1.807) is 18.2 Å². The summed E-state index contributed by atoms with van der Waals surface area (Å²) in [5.74, 6) is -0.874. The standard InChI is InChI=1S/C25H20F4N2O3S/c26-20-8-10-21(11-9-20)35(33,34)31-15-1-2-23(31)24(32)12-3-17-13-14-30-22(16-17)18-4-6-19(7-5-18)25(27,28)29/h1-2,4-11,13-14,16,23H,3,12,15H2/t23-/m0/s1. The average molecular weight is 505 g/mol. The number of ketones is 1. The van der Waals surface area contributed by atoms with Gasteiger partial charge in [-0.1, -0.05) is 24.3 Å². The summed E-state index contributed by atoms with van der Waals surface area (Å²) in [6.45, 7) is 0.0312. The van der Waals surface area contributed by atoms with Crippen LogP contribution >= 0.6 is 0 Å². The van der Waals surface area contributed by atoms with E-state index in [4.69, 9.17) is 0 Å². The number of hydrogen-bond acceptors (Lipinski definition) is 4. The van der Waals surface area contributed by atoms with Crippen LogP contribution in [-0.2, 0) is 27.4 Å². The largest absolute Gasteiger partial charge is 0.416 e. The van der Waals surface area contributed by atoms with Crippen molar-refractivity contribution in [2.75, 3.05) is 6.54 Å². The highest BCUT2D eigenvalue weighted by molar-refractivity contribution is 7.89. The second-order valence-electron chi connectivity index (χ2n) is 7.99. The van der Waals surface area contributed by atoms with Crippen molar-refractivity contribution in [1.82, 2.24) is 9.29 Å². The predicted molar refractivity (Wildman–Crippen MR) is 121 cm³/mol. The van der Waals surface area contributed by atoms with Crippen LogP contribution in [0.2, 0.25) is 0 Å². The summed E-state index contributed by atoms with van der Waals surface area (Å²) in [6, 6.07) is 11.5. The fourth-order valence-electron chi connectivity index (χ4n) is 3.79. The number of Topliss-reactive ketones (excluding diaryl/α,β-unsaturated/α-hetero) is 1. The highest BCUT2D eigenvalue weighted by Crippen LogP contribution is 2.31. The van der Waals surface area contributed by atoms with Gasteiger partial charge in [0, 0.05) is 24.7 Å². The summed E-state index contributed by atoms with van der Waals surface area (Å²) in [7, 11) is -4.00. The number of carbonyl (C=O) groups is 1. The van der Waals surface area contributed by atoms with E-state index in [2.05, 4.69) is 4.98 Å². The van der Waals surface area contributed by atoms with Crippen molar-refractivity contribution >= 4 is 15.8 Å². The number of alkyl halides is 3. The molecule has 2 aromatic carbocycles. The number of sulfonamides is 1. The smallest absolute Gasteiger partial charge is 0.298 e. The first-order valence-corrected chi connectivity index (χ1v) is 12.1. The third kappa shape index (κ3) is 5.49. The quantitative estimate of drug-likeness (QED) is 0.334. The van der Waals surface area contributed by atoms with Gasteiger partial charge >= 0.3 is 6.18 Å². The third-order valence-corrected chi connectivity index (χ3v) is 7.52. The Labute approximate surface area is 199 Å². The molecule has 0 saturated heterocycles. The summed E-state index contributed by atoms with van der Waals surface area (Å²) in [4.78, 5) is 17.0. The van der Waals surface area contributed by atoms with Crippen molar-refractivity contribution < 1.29 is 30.8 Å². The van der Waals surface area contributed by atoms with Crippen LogP contribution in [0.25, 0.3) is 11.3 Å². The predicted octanol–water partition coefficient (Wildman–Crippen LogP) is 5.04. The molecule has 5 nitrogen and oxygen atoms in total. The molecule has 0 spiro atoms. The summed E-state index contributed by atoms with van der Waals surface area (Å²) < 4.78 is 78.6. The zero-order valence-corrected chi connectivity index (χ0v) is 19.1. The zero-order valence-electron chi connectivity index (χ0n) is 18.2. The minimum absolute atomic E-state index is 0.0312. The van der Waals surface area contributed by atoms with Crippen molar-refractivity contribution in [3.05, 3.63) is 96.0 Å². The topological polar surface area (TPSA) is 67.3 Å². The van der Waals surface area contributed by atoms with Crippen molar-refractivity contribution in [2.24, 2.45) is 0 Å². The molecule has 10 heteroatoms. The molecule has 4 rings (SSSR count). The molecule has 0 radical (unpaired) electrons.